The van der Waals surface area contributed by atoms with Crippen molar-refractivity contribution in [3.8, 4) is 11.4 Å². The molecule has 2 aliphatic heterocycles. The molecule has 0 spiro atoms. The molecule has 5 heterocycles. The van der Waals surface area contributed by atoms with E-state index in [1.807, 2.05) is 12.1 Å². The summed E-state index contributed by atoms with van der Waals surface area (Å²) < 4.78 is 1.36. The van der Waals surface area contributed by atoms with Gasteiger partial charge in [-0.3, -0.25) is 9.88 Å². The normalized spacial score (nSPS) is 16.7. The number of fused-ring (bicyclic) bond motifs is 1. The maximum absolute atomic E-state index is 12.5. The summed E-state index contributed by atoms with van der Waals surface area (Å²) in [6.45, 7) is 2.53. The molecule has 0 atom stereocenters. The van der Waals surface area contributed by atoms with Gasteiger partial charge in [0.25, 0.3) is 0 Å². The van der Waals surface area contributed by atoms with Gasteiger partial charge in [0, 0.05) is 24.8 Å². The van der Waals surface area contributed by atoms with E-state index in [9.17, 15) is 4.79 Å². The Kier molecular flexibility index (Phi) is 3.27. The fraction of sp³-hybridized carbons (Fsp3) is 0.312. The summed E-state index contributed by atoms with van der Waals surface area (Å²) in [6, 6.07) is 3.77. The van der Waals surface area contributed by atoms with Crippen molar-refractivity contribution in [3.63, 3.8) is 0 Å². The zero-order valence-corrected chi connectivity index (χ0v) is 14.2. The lowest BCUT2D eigenvalue weighted by atomic mass is 10.2. The molecule has 3 aromatic rings. The number of carbonyl (C=O) groups excluding carboxylic acids is 1. The zero-order valence-electron chi connectivity index (χ0n) is 13.4. The van der Waals surface area contributed by atoms with Gasteiger partial charge in [-0.1, -0.05) is 0 Å². The Labute approximate surface area is 147 Å². The molecule has 2 aliphatic rings. The van der Waals surface area contributed by atoms with Crippen LogP contribution in [0.4, 0.5) is 15.6 Å². The van der Waals surface area contributed by atoms with Crippen LogP contribution in [0.5, 0.6) is 0 Å². The molecular formula is C16H15N7OS. The zero-order chi connectivity index (χ0) is 16.8. The van der Waals surface area contributed by atoms with Crippen molar-refractivity contribution in [2.45, 2.75) is 19.4 Å². The van der Waals surface area contributed by atoms with Gasteiger partial charge in [-0.2, -0.15) is 4.68 Å². The largest absolute Gasteiger partial charge is 0.357 e. The van der Waals surface area contributed by atoms with Gasteiger partial charge in [0.2, 0.25) is 0 Å². The van der Waals surface area contributed by atoms with Crippen LogP contribution in [0.2, 0.25) is 0 Å². The third-order valence-corrected chi connectivity index (χ3v) is 5.30. The van der Waals surface area contributed by atoms with Crippen molar-refractivity contribution in [1.82, 2.24) is 24.7 Å². The van der Waals surface area contributed by atoms with Crippen LogP contribution in [0.25, 0.3) is 11.4 Å². The highest BCUT2D eigenvalue weighted by molar-refractivity contribution is 7.14. The summed E-state index contributed by atoms with van der Waals surface area (Å²) in [5.41, 5.74) is 2.53. The Hall–Kier alpha value is -2.81. The molecule has 0 aliphatic carbocycles. The number of pyridine rings is 1. The van der Waals surface area contributed by atoms with E-state index in [-0.39, 0.29) is 6.03 Å². The molecule has 3 aromatic heterocycles. The summed E-state index contributed by atoms with van der Waals surface area (Å²) in [7, 11) is 0. The van der Waals surface area contributed by atoms with Gasteiger partial charge in [0.05, 0.1) is 18.3 Å². The lowest BCUT2D eigenvalue weighted by Crippen LogP contribution is -2.25. The number of rotatable bonds is 3. The lowest BCUT2D eigenvalue weighted by Gasteiger charge is -2.15. The van der Waals surface area contributed by atoms with Gasteiger partial charge in [-0.25, -0.2) is 14.8 Å². The van der Waals surface area contributed by atoms with Crippen molar-refractivity contribution >= 4 is 28.2 Å². The predicted molar refractivity (Wildman–Crippen MR) is 93.8 cm³/mol. The minimum Gasteiger partial charge on any atom is -0.357 e. The number of thiazole rings is 1. The van der Waals surface area contributed by atoms with E-state index >= 15 is 0 Å². The summed E-state index contributed by atoms with van der Waals surface area (Å²) in [5, 5.41) is 5.18. The second kappa shape index (κ2) is 5.62. The smallest absolute Gasteiger partial charge is 0.352 e. The van der Waals surface area contributed by atoms with Crippen LogP contribution >= 0.6 is 11.3 Å². The van der Waals surface area contributed by atoms with Gasteiger partial charge >= 0.3 is 6.03 Å². The van der Waals surface area contributed by atoms with Gasteiger partial charge in [-0.05, 0) is 25.0 Å². The highest BCUT2D eigenvalue weighted by Crippen LogP contribution is 2.28. The molecule has 0 aromatic carbocycles. The minimum atomic E-state index is -0.195. The molecule has 0 bridgehead atoms. The van der Waals surface area contributed by atoms with Crippen LogP contribution < -0.4 is 9.80 Å². The van der Waals surface area contributed by atoms with E-state index in [1.54, 1.807) is 22.8 Å². The summed E-state index contributed by atoms with van der Waals surface area (Å²) in [5.74, 6) is 2.16. The van der Waals surface area contributed by atoms with E-state index < -0.39 is 0 Å². The van der Waals surface area contributed by atoms with Crippen molar-refractivity contribution in [3.05, 3.63) is 35.9 Å². The molecule has 5 rings (SSSR count). The quantitative estimate of drug-likeness (QED) is 0.719. The Morgan fingerprint density at radius 3 is 2.68 bits per heavy atom. The molecule has 0 radical (unpaired) electrons. The number of hydrogen-bond acceptors (Lipinski definition) is 7. The number of aromatic nitrogens is 5. The molecular weight excluding hydrogens is 338 g/mol. The highest BCUT2D eigenvalue weighted by atomic mass is 32.1. The number of carbonyl (C=O) groups is 1. The van der Waals surface area contributed by atoms with Crippen LogP contribution in [0.3, 0.4) is 0 Å². The van der Waals surface area contributed by atoms with Gasteiger partial charge in [-0.15, -0.1) is 16.4 Å². The van der Waals surface area contributed by atoms with Gasteiger partial charge < -0.3 is 4.90 Å². The minimum absolute atomic E-state index is 0.195. The third-order valence-electron chi connectivity index (χ3n) is 4.51. The SMILES string of the molecule is O=C1N(c2cncs2)Cc2nc(-c3ccc(N4CCCC4)nc3)nn21. The van der Waals surface area contributed by atoms with E-state index in [2.05, 4.69) is 25.0 Å². The first-order valence-corrected chi connectivity index (χ1v) is 9.05. The van der Waals surface area contributed by atoms with Crippen molar-refractivity contribution < 1.29 is 4.79 Å². The Balaban J connectivity index is 1.40. The molecule has 1 amide bonds. The standard InChI is InChI=1S/C16H15N7OS/c24-16-22(14-8-17-10-25-14)9-13-19-15(20-23(13)16)11-3-4-12(18-7-11)21-5-1-2-6-21/h3-4,7-8,10H,1-2,5-6,9H2. The molecule has 0 unspecified atom stereocenters. The Bertz CT molecular complexity index is 913. The summed E-state index contributed by atoms with van der Waals surface area (Å²) in [4.78, 5) is 29.5. The molecule has 0 saturated carbocycles. The lowest BCUT2D eigenvalue weighted by molar-refractivity contribution is 0.248. The molecule has 9 heteroatoms. The molecule has 8 nitrogen and oxygen atoms in total. The van der Waals surface area contributed by atoms with Gasteiger partial charge in [0.1, 0.15) is 10.8 Å². The number of nitrogens with zero attached hydrogens (tertiary/aromatic N) is 7. The maximum Gasteiger partial charge on any atom is 0.352 e. The monoisotopic (exact) mass is 353 g/mol. The molecule has 25 heavy (non-hydrogen) atoms. The number of amides is 1. The topological polar surface area (TPSA) is 80.0 Å². The second-order valence-electron chi connectivity index (χ2n) is 6.07. The second-order valence-corrected chi connectivity index (χ2v) is 6.94. The summed E-state index contributed by atoms with van der Waals surface area (Å²) in [6.07, 6.45) is 5.90. The highest BCUT2D eigenvalue weighted by Gasteiger charge is 2.32. The first-order valence-electron chi connectivity index (χ1n) is 8.17. The average Bonchev–Trinajstić information content (AvgIpc) is 3.42. The van der Waals surface area contributed by atoms with E-state index in [1.165, 1.54) is 28.9 Å². The fourth-order valence-corrected chi connectivity index (χ4v) is 3.83. The number of hydrogen-bond donors (Lipinski definition) is 0. The van der Waals surface area contributed by atoms with Crippen LogP contribution in [0.15, 0.2) is 30.0 Å². The molecule has 0 N–H and O–H groups in total. The van der Waals surface area contributed by atoms with E-state index in [4.69, 9.17) is 0 Å². The Morgan fingerprint density at radius 2 is 2.00 bits per heavy atom. The average molecular weight is 353 g/mol. The number of anilines is 2. The van der Waals surface area contributed by atoms with Crippen LogP contribution in [0.1, 0.15) is 18.7 Å². The van der Waals surface area contributed by atoms with E-state index in [0.29, 0.717) is 18.2 Å². The van der Waals surface area contributed by atoms with Gasteiger partial charge in [0.15, 0.2) is 11.6 Å². The maximum atomic E-state index is 12.5. The van der Waals surface area contributed by atoms with Crippen molar-refractivity contribution in [2.75, 3.05) is 22.9 Å². The fourth-order valence-electron chi connectivity index (χ4n) is 3.21. The molecule has 126 valence electrons. The third kappa shape index (κ3) is 2.39. The Morgan fingerprint density at radius 1 is 1.12 bits per heavy atom. The summed E-state index contributed by atoms with van der Waals surface area (Å²) >= 11 is 1.42. The van der Waals surface area contributed by atoms with E-state index in [0.717, 1.165) is 29.5 Å². The van der Waals surface area contributed by atoms with Crippen LogP contribution in [-0.4, -0.2) is 43.9 Å². The first kappa shape index (κ1) is 14.5. The molecule has 1 fully saturated rings. The van der Waals surface area contributed by atoms with Crippen molar-refractivity contribution in [2.24, 2.45) is 0 Å². The van der Waals surface area contributed by atoms with Crippen molar-refractivity contribution in [1.29, 1.82) is 0 Å². The van der Waals surface area contributed by atoms with Crippen LogP contribution in [-0.2, 0) is 6.54 Å². The first-order chi connectivity index (χ1) is 12.3. The predicted octanol–water partition coefficient (Wildman–Crippen LogP) is 2.39. The van der Waals surface area contributed by atoms with Crippen LogP contribution in [0, 0.1) is 0 Å². The molecule has 1 saturated heterocycles.